The van der Waals surface area contributed by atoms with Crippen LogP contribution in [-0.2, 0) is 21.6 Å². The van der Waals surface area contributed by atoms with E-state index in [4.69, 9.17) is 9.26 Å². The maximum atomic E-state index is 11.6. The highest BCUT2D eigenvalue weighted by Crippen LogP contribution is 2.41. The number of carbonyl (C=O) groups is 1. The molecule has 6 heteroatoms. The van der Waals surface area contributed by atoms with E-state index < -0.39 is 17.0 Å². The third-order valence-corrected chi connectivity index (χ3v) is 4.58. The van der Waals surface area contributed by atoms with Crippen molar-refractivity contribution in [3.63, 3.8) is 0 Å². The van der Waals surface area contributed by atoms with Gasteiger partial charge in [0.25, 0.3) is 0 Å². The first-order chi connectivity index (χ1) is 9.96. The van der Waals surface area contributed by atoms with Gasteiger partial charge < -0.3 is 14.4 Å². The number of nitrogens with zero attached hydrogens (tertiary/aromatic N) is 2. The van der Waals surface area contributed by atoms with E-state index >= 15 is 0 Å². The van der Waals surface area contributed by atoms with Crippen LogP contribution in [0.25, 0.3) is 0 Å². The molecule has 1 heterocycles. The number of carboxylic acids is 1. The topological polar surface area (TPSA) is 85.5 Å². The van der Waals surface area contributed by atoms with Gasteiger partial charge in [0.2, 0.25) is 11.7 Å². The van der Waals surface area contributed by atoms with Gasteiger partial charge in [0, 0.05) is 13.0 Å². The Hall–Kier alpha value is -1.43. The van der Waals surface area contributed by atoms with Crippen molar-refractivity contribution in [2.24, 2.45) is 5.41 Å². The number of aromatic nitrogens is 2. The Labute approximate surface area is 124 Å². The Morgan fingerprint density at radius 1 is 1.43 bits per heavy atom. The average Bonchev–Trinajstić information content (AvgIpc) is 3.10. The lowest BCUT2D eigenvalue weighted by atomic mass is 9.83. The Balaban J connectivity index is 2.18. The third kappa shape index (κ3) is 3.10. The maximum absolute atomic E-state index is 11.6. The predicted molar refractivity (Wildman–Crippen MR) is 75.8 cm³/mol. The minimum atomic E-state index is -0.761. The molecule has 118 valence electrons. The molecule has 0 aliphatic heterocycles. The minimum absolute atomic E-state index is 0.307. The van der Waals surface area contributed by atoms with Crippen LogP contribution in [0.5, 0.6) is 0 Å². The normalized spacial score (nSPS) is 20.3. The van der Waals surface area contributed by atoms with E-state index in [-0.39, 0.29) is 0 Å². The second-order valence-corrected chi connectivity index (χ2v) is 6.00. The van der Waals surface area contributed by atoms with E-state index in [2.05, 4.69) is 10.1 Å². The standard InChI is InChI=1S/C15H24N2O4/c1-4-14(3,20-5-2)12-16-11(21-17-12)10-15(13(18)19)8-6-7-9-15/h4-10H2,1-3H3,(H,18,19). The molecule has 1 aromatic rings. The molecule has 1 unspecified atom stereocenters. The lowest BCUT2D eigenvalue weighted by molar-refractivity contribution is -0.148. The van der Waals surface area contributed by atoms with Gasteiger partial charge in [-0.3, -0.25) is 4.79 Å². The molecule has 0 bridgehead atoms. The Bertz CT molecular complexity index is 494. The van der Waals surface area contributed by atoms with Gasteiger partial charge in [0.05, 0.1) is 5.41 Å². The minimum Gasteiger partial charge on any atom is -0.481 e. The fourth-order valence-electron chi connectivity index (χ4n) is 2.99. The fourth-order valence-corrected chi connectivity index (χ4v) is 2.99. The molecule has 1 fully saturated rings. The molecule has 1 aliphatic carbocycles. The van der Waals surface area contributed by atoms with Crippen LogP contribution < -0.4 is 0 Å². The van der Waals surface area contributed by atoms with Gasteiger partial charge >= 0.3 is 5.97 Å². The van der Waals surface area contributed by atoms with E-state index in [0.29, 0.717) is 37.6 Å². The molecule has 2 rings (SSSR count). The van der Waals surface area contributed by atoms with Gasteiger partial charge in [-0.05, 0) is 33.1 Å². The molecule has 1 aliphatic rings. The van der Waals surface area contributed by atoms with Crippen LogP contribution in [0.3, 0.4) is 0 Å². The Morgan fingerprint density at radius 3 is 2.62 bits per heavy atom. The van der Waals surface area contributed by atoms with Crippen LogP contribution in [0.2, 0.25) is 0 Å². The van der Waals surface area contributed by atoms with Crippen LogP contribution in [0, 0.1) is 5.41 Å². The van der Waals surface area contributed by atoms with Gasteiger partial charge in [0.1, 0.15) is 5.60 Å². The van der Waals surface area contributed by atoms with Crippen LogP contribution in [0.15, 0.2) is 4.52 Å². The summed E-state index contributed by atoms with van der Waals surface area (Å²) in [4.78, 5) is 16.0. The zero-order valence-electron chi connectivity index (χ0n) is 13.0. The van der Waals surface area contributed by atoms with Crippen molar-refractivity contribution in [3.05, 3.63) is 11.7 Å². The molecule has 1 aromatic heterocycles. The zero-order chi connectivity index (χ0) is 15.5. The van der Waals surface area contributed by atoms with Crippen molar-refractivity contribution in [1.29, 1.82) is 0 Å². The number of rotatable bonds is 7. The summed E-state index contributed by atoms with van der Waals surface area (Å²) >= 11 is 0. The number of ether oxygens (including phenoxy) is 1. The zero-order valence-corrected chi connectivity index (χ0v) is 13.0. The number of hydrogen-bond donors (Lipinski definition) is 1. The summed E-state index contributed by atoms with van der Waals surface area (Å²) in [6.45, 7) is 6.41. The number of carboxylic acid groups (broad SMARTS) is 1. The molecular weight excluding hydrogens is 272 g/mol. The van der Waals surface area contributed by atoms with Crippen molar-refractivity contribution in [1.82, 2.24) is 10.1 Å². The maximum Gasteiger partial charge on any atom is 0.310 e. The van der Waals surface area contributed by atoms with E-state index in [1.54, 1.807) is 0 Å². The SMILES string of the molecule is CCOC(C)(CC)c1noc(CC2(C(=O)O)CCCC2)n1. The van der Waals surface area contributed by atoms with Crippen molar-refractivity contribution < 1.29 is 19.2 Å². The molecular formula is C15H24N2O4. The summed E-state index contributed by atoms with van der Waals surface area (Å²) in [6.07, 6.45) is 4.27. The summed E-state index contributed by atoms with van der Waals surface area (Å²) in [6, 6.07) is 0. The smallest absolute Gasteiger partial charge is 0.310 e. The quantitative estimate of drug-likeness (QED) is 0.832. The lowest BCUT2D eigenvalue weighted by Gasteiger charge is -2.24. The lowest BCUT2D eigenvalue weighted by Crippen LogP contribution is -2.30. The highest BCUT2D eigenvalue weighted by Gasteiger charge is 2.43. The number of aliphatic carboxylic acids is 1. The summed E-state index contributed by atoms with van der Waals surface area (Å²) in [5, 5.41) is 13.5. The second-order valence-electron chi connectivity index (χ2n) is 6.00. The van der Waals surface area contributed by atoms with Crippen molar-refractivity contribution in [2.75, 3.05) is 6.61 Å². The molecule has 0 radical (unpaired) electrons. The first kappa shape index (κ1) is 15.9. The number of hydrogen-bond acceptors (Lipinski definition) is 5. The summed E-state index contributed by atoms with van der Waals surface area (Å²) in [5.74, 6) is 0.136. The molecule has 1 N–H and O–H groups in total. The van der Waals surface area contributed by atoms with Gasteiger partial charge in [-0.15, -0.1) is 0 Å². The van der Waals surface area contributed by atoms with Crippen LogP contribution in [0.1, 0.15) is 64.6 Å². The van der Waals surface area contributed by atoms with E-state index in [1.165, 1.54) is 0 Å². The Kier molecular flexibility index (Phi) is 4.66. The van der Waals surface area contributed by atoms with Crippen molar-refractivity contribution >= 4 is 5.97 Å². The molecule has 1 atom stereocenters. The summed E-state index contributed by atoms with van der Waals surface area (Å²) < 4.78 is 11.0. The van der Waals surface area contributed by atoms with Gasteiger partial charge in [-0.1, -0.05) is 24.9 Å². The first-order valence-corrected chi connectivity index (χ1v) is 7.66. The summed E-state index contributed by atoms with van der Waals surface area (Å²) in [7, 11) is 0. The highest BCUT2D eigenvalue weighted by molar-refractivity contribution is 5.75. The van der Waals surface area contributed by atoms with E-state index in [0.717, 1.165) is 19.3 Å². The summed E-state index contributed by atoms with van der Waals surface area (Å²) in [5.41, 5.74) is -1.32. The second kappa shape index (κ2) is 6.13. The van der Waals surface area contributed by atoms with Crippen LogP contribution in [0.4, 0.5) is 0 Å². The molecule has 21 heavy (non-hydrogen) atoms. The molecule has 0 aromatic carbocycles. The average molecular weight is 296 g/mol. The molecule has 1 saturated carbocycles. The van der Waals surface area contributed by atoms with Gasteiger partial charge in [-0.25, -0.2) is 0 Å². The van der Waals surface area contributed by atoms with E-state index in [9.17, 15) is 9.90 Å². The van der Waals surface area contributed by atoms with Gasteiger partial charge in [-0.2, -0.15) is 4.98 Å². The monoisotopic (exact) mass is 296 g/mol. The molecule has 0 spiro atoms. The highest BCUT2D eigenvalue weighted by atomic mass is 16.5. The first-order valence-electron chi connectivity index (χ1n) is 7.66. The largest absolute Gasteiger partial charge is 0.481 e. The van der Waals surface area contributed by atoms with Crippen molar-refractivity contribution in [2.45, 2.75) is 64.9 Å². The van der Waals surface area contributed by atoms with Gasteiger partial charge in [0.15, 0.2) is 0 Å². The van der Waals surface area contributed by atoms with E-state index in [1.807, 2.05) is 20.8 Å². The van der Waals surface area contributed by atoms with Crippen molar-refractivity contribution in [3.8, 4) is 0 Å². The molecule has 0 amide bonds. The van der Waals surface area contributed by atoms with Crippen LogP contribution in [-0.4, -0.2) is 27.8 Å². The molecule has 6 nitrogen and oxygen atoms in total. The Morgan fingerprint density at radius 2 is 2.10 bits per heavy atom. The predicted octanol–water partition coefficient (Wildman–Crippen LogP) is 2.92. The molecule has 0 saturated heterocycles. The third-order valence-electron chi connectivity index (χ3n) is 4.58. The fraction of sp³-hybridized carbons (Fsp3) is 0.800. The van der Waals surface area contributed by atoms with Crippen LogP contribution >= 0.6 is 0 Å².